The van der Waals surface area contributed by atoms with E-state index in [0.717, 1.165) is 0 Å². The molecule has 0 heterocycles. The molecule has 108 valence electrons. The van der Waals surface area contributed by atoms with Crippen LogP contribution >= 0.6 is 0 Å². The van der Waals surface area contributed by atoms with Crippen molar-refractivity contribution in [1.82, 2.24) is 4.72 Å². The lowest BCUT2D eigenvalue weighted by Crippen LogP contribution is -2.44. The molecule has 6 heteroatoms. The Bertz CT molecular complexity index is 526. The summed E-state index contributed by atoms with van der Waals surface area (Å²) >= 11 is 0. The molecule has 0 amide bonds. The Morgan fingerprint density at radius 3 is 2.58 bits per heavy atom. The Kier molecular flexibility index (Phi) is 5.06. The molecule has 0 saturated heterocycles. The monoisotopic (exact) mass is 289 g/mol. The molecule has 0 aliphatic rings. The van der Waals surface area contributed by atoms with Crippen LogP contribution in [0.25, 0.3) is 0 Å². The second-order valence-corrected chi connectivity index (χ2v) is 7.03. The van der Waals surface area contributed by atoms with Crippen LogP contribution in [0.15, 0.2) is 24.3 Å². The van der Waals surface area contributed by atoms with Crippen molar-refractivity contribution < 1.29 is 17.9 Å². The van der Waals surface area contributed by atoms with E-state index < -0.39 is 21.4 Å². The molecule has 0 aliphatic heterocycles. The van der Waals surface area contributed by atoms with Gasteiger partial charge in [0.05, 0.1) is 11.4 Å². The van der Waals surface area contributed by atoms with E-state index in [1.54, 1.807) is 26.8 Å². The number of sulfonamides is 1. The fraction of sp³-hybridized carbons (Fsp3) is 0.538. The van der Waals surface area contributed by atoms with Gasteiger partial charge in [0.25, 0.3) is 0 Å². The molecule has 0 aliphatic carbocycles. The van der Waals surface area contributed by atoms with Gasteiger partial charge >= 0.3 is 0 Å². The van der Waals surface area contributed by atoms with Crippen molar-refractivity contribution in [3.05, 3.63) is 35.6 Å². The minimum atomic E-state index is -3.59. The summed E-state index contributed by atoms with van der Waals surface area (Å²) in [5, 5.41) is 9.98. The molecule has 0 fully saturated rings. The molecule has 1 atom stereocenters. The Morgan fingerprint density at radius 2 is 2.05 bits per heavy atom. The van der Waals surface area contributed by atoms with Gasteiger partial charge in [0.2, 0.25) is 10.0 Å². The highest BCUT2D eigenvalue weighted by atomic mass is 32.2. The van der Waals surface area contributed by atoms with E-state index in [1.165, 1.54) is 18.2 Å². The van der Waals surface area contributed by atoms with E-state index in [0.29, 0.717) is 5.56 Å². The molecule has 2 N–H and O–H groups in total. The molecule has 1 aromatic carbocycles. The third-order valence-corrected chi connectivity index (χ3v) is 4.44. The van der Waals surface area contributed by atoms with Gasteiger partial charge in [0, 0.05) is 6.54 Å². The van der Waals surface area contributed by atoms with E-state index in [-0.39, 0.29) is 18.2 Å². The first-order chi connectivity index (χ1) is 8.62. The lowest BCUT2D eigenvalue weighted by molar-refractivity contribution is 0.0190. The van der Waals surface area contributed by atoms with Crippen molar-refractivity contribution in [3.63, 3.8) is 0 Å². The third kappa shape index (κ3) is 5.26. The van der Waals surface area contributed by atoms with Crippen LogP contribution in [0.3, 0.4) is 0 Å². The summed E-state index contributed by atoms with van der Waals surface area (Å²) in [4.78, 5) is 0. The molecule has 0 spiro atoms. The maximum atomic E-state index is 13.0. The van der Waals surface area contributed by atoms with Crippen molar-refractivity contribution in [2.24, 2.45) is 5.92 Å². The molecule has 1 unspecified atom stereocenters. The van der Waals surface area contributed by atoms with Gasteiger partial charge in [-0.25, -0.2) is 17.5 Å². The first kappa shape index (κ1) is 16.1. The SMILES string of the molecule is CC(C)C(C)(O)CNS(=O)(=O)Cc1cccc(F)c1. The van der Waals surface area contributed by atoms with Gasteiger partial charge in [-0.1, -0.05) is 26.0 Å². The van der Waals surface area contributed by atoms with Gasteiger partial charge in [-0.05, 0) is 30.5 Å². The normalized spacial score (nSPS) is 15.5. The second kappa shape index (κ2) is 5.98. The highest BCUT2D eigenvalue weighted by Crippen LogP contribution is 2.15. The summed E-state index contributed by atoms with van der Waals surface area (Å²) < 4.78 is 39.0. The van der Waals surface area contributed by atoms with Crippen molar-refractivity contribution in [1.29, 1.82) is 0 Å². The molecule has 0 aromatic heterocycles. The third-order valence-electron chi connectivity index (χ3n) is 3.14. The number of hydrogen-bond donors (Lipinski definition) is 2. The fourth-order valence-electron chi connectivity index (χ4n) is 1.36. The molecule has 4 nitrogen and oxygen atoms in total. The summed E-state index contributed by atoms with van der Waals surface area (Å²) in [7, 11) is -3.59. The van der Waals surface area contributed by atoms with Crippen LogP contribution in [0, 0.1) is 11.7 Å². The number of benzene rings is 1. The van der Waals surface area contributed by atoms with Crippen molar-refractivity contribution in [3.8, 4) is 0 Å². The van der Waals surface area contributed by atoms with E-state index in [1.807, 2.05) is 0 Å². The second-order valence-electron chi connectivity index (χ2n) is 5.22. The van der Waals surface area contributed by atoms with Crippen LogP contribution in [-0.2, 0) is 15.8 Å². The van der Waals surface area contributed by atoms with Gasteiger partial charge in [-0.2, -0.15) is 0 Å². The zero-order valence-corrected chi connectivity index (χ0v) is 12.2. The van der Waals surface area contributed by atoms with Gasteiger partial charge < -0.3 is 5.11 Å². The summed E-state index contributed by atoms with van der Waals surface area (Å²) in [6.45, 7) is 5.12. The zero-order chi connectivity index (χ0) is 14.7. The Hall–Kier alpha value is -0.980. The van der Waals surface area contributed by atoms with Gasteiger partial charge in [-0.3, -0.25) is 0 Å². The quantitative estimate of drug-likeness (QED) is 0.837. The number of rotatable bonds is 6. The summed E-state index contributed by atoms with van der Waals surface area (Å²) in [5.41, 5.74) is -0.744. The number of halogens is 1. The van der Waals surface area contributed by atoms with Crippen molar-refractivity contribution in [2.75, 3.05) is 6.54 Å². The number of hydrogen-bond acceptors (Lipinski definition) is 3. The average molecular weight is 289 g/mol. The van der Waals surface area contributed by atoms with Crippen molar-refractivity contribution in [2.45, 2.75) is 32.1 Å². The average Bonchev–Trinajstić information content (AvgIpc) is 2.26. The Morgan fingerprint density at radius 1 is 1.42 bits per heavy atom. The molecular formula is C13H20FNO3S. The first-order valence-corrected chi connectivity index (χ1v) is 7.72. The molecule has 19 heavy (non-hydrogen) atoms. The minimum Gasteiger partial charge on any atom is -0.389 e. The largest absolute Gasteiger partial charge is 0.389 e. The van der Waals surface area contributed by atoms with Crippen LogP contribution in [0.2, 0.25) is 0 Å². The van der Waals surface area contributed by atoms with Gasteiger partial charge in [0.15, 0.2) is 0 Å². The highest BCUT2D eigenvalue weighted by molar-refractivity contribution is 7.88. The van der Waals surface area contributed by atoms with Crippen LogP contribution in [0.1, 0.15) is 26.3 Å². The van der Waals surface area contributed by atoms with Crippen LogP contribution in [-0.4, -0.2) is 25.7 Å². The maximum Gasteiger partial charge on any atom is 0.215 e. The standard InChI is InChI=1S/C13H20FNO3S/c1-10(2)13(3,16)9-15-19(17,18)8-11-5-4-6-12(14)7-11/h4-7,10,15-16H,8-9H2,1-3H3. The predicted octanol–water partition coefficient (Wildman–Crippen LogP) is 1.65. The molecule has 1 aromatic rings. The zero-order valence-electron chi connectivity index (χ0n) is 11.4. The predicted molar refractivity (Wildman–Crippen MR) is 72.5 cm³/mol. The molecule has 0 bridgehead atoms. The lowest BCUT2D eigenvalue weighted by atomic mass is 9.93. The Labute approximate surface area is 113 Å². The highest BCUT2D eigenvalue weighted by Gasteiger charge is 2.26. The lowest BCUT2D eigenvalue weighted by Gasteiger charge is -2.27. The molecule has 0 radical (unpaired) electrons. The first-order valence-electron chi connectivity index (χ1n) is 6.06. The maximum absolute atomic E-state index is 13.0. The van der Waals surface area contributed by atoms with Gasteiger partial charge in [0.1, 0.15) is 5.82 Å². The number of aliphatic hydroxyl groups is 1. The van der Waals surface area contributed by atoms with E-state index in [4.69, 9.17) is 0 Å². The van der Waals surface area contributed by atoms with Gasteiger partial charge in [-0.15, -0.1) is 0 Å². The van der Waals surface area contributed by atoms with E-state index >= 15 is 0 Å². The minimum absolute atomic E-state index is 0.0671. The topological polar surface area (TPSA) is 66.4 Å². The fourth-order valence-corrected chi connectivity index (χ4v) is 2.59. The summed E-state index contributed by atoms with van der Waals surface area (Å²) in [6.07, 6.45) is 0. The van der Waals surface area contributed by atoms with Crippen LogP contribution < -0.4 is 4.72 Å². The smallest absolute Gasteiger partial charge is 0.215 e. The van der Waals surface area contributed by atoms with Crippen LogP contribution in [0.4, 0.5) is 4.39 Å². The number of nitrogens with one attached hydrogen (secondary N) is 1. The molecule has 1 rings (SSSR count). The van der Waals surface area contributed by atoms with E-state index in [9.17, 15) is 17.9 Å². The van der Waals surface area contributed by atoms with Crippen LogP contribution in [0.5, 0.6) is 0 Å². The summed E-state index contributed by atoms with van der Waals surface area (Å²) in [6, 6.07) is 5.44. The molecular weight excluding hydrogens is 269 g/mol. The summed E-state index contributed by atoms with van der Waals surface area (Å²) in [5.74, 6) is -0.856. The van der Waals surface area contributed by atoms with Crippen molar-refractivity contribution >= 4 is 10.0 Å². The Balaban J connectivity index is 2.68. The molecule has 0 saturated carbocycles. The van der Waals surface area contributed by atoms with E-state index in [2.05, 4.69) is 4.72 Å².